The average molecular weight is 317 g/mol. The second-order valence-corrected chi connectivity index (χ2v) is 7.14. The quantitative estimate of drug-likeness (QED) is 0.898. The van der Waals surface area contributed by atoms with Gasteiger partial charge in [0.1, 0.15) is 11.5 Å². The number of carbonyl (C=O) groups excluding carboxylic acids is 1. The lowest BCUT2D eigenvalue weighted by Gasteiger charge is -2.45. The summed E-state index contributed by atoms with van der Waals surface area (Å²) in [7, 11) is 3.19. The van der Waals surface area contributed by atoms with Crippen molar-refractivity contribution in [2.24, 2.45) is 11.3 Å². The van der Waals surface area contributed by atoms with E-state index in [2.05, 4.69) is 5.32 Å². The van der Waals surface area contributed by atoms with Gasteiger partial charge in [0.05, 0.1) is 14.2 Å². The van der Waals surface area contributed by atoms with Gasteiger partial charge in [-0.05, 0) is 42.7 Å². The first-order valence-corrected chi connectivity index (χ1v) is 8.65. The summed E-state index contributed by atoms with van der Waals surface area (Å²) in [5.41, 5.74) is 0.931. The molecule has 0 atom stereocenters. The van der Waals surface area contributed by atoms with E-state index in [0.717, 1.165) is 12.5 Å². The van der Waals surface area contributed by atoms with Crippen LogP contribution in [0.15, 0.2) is 18.2 Å². The summed E-state index contributed by atoms with van der Waals surface area (Å²) in [6.45, 7) is 0.794. The van der Waals surface area contributed by atoms with Gasteiger partial charge in [0.2, 0.25) is 0 Å². The predicted molar refractivity (Wildman–Crippen MR) is 90.1 cm³/mol. The Morgan fingerprint density at radius 1 is 1.13 bits per heavy atom. The lowest BCUT2D eigenvalue weighted by Crippen LogP contribution is -2.42. The van der Waals surface area contributed by atoms with E-state index in [1.807, 2.05) is 0 Å². The van der Waals surface area contributed by atoms with Gasteiger partial charge in [-0.25, -0.2) is 0 Å². The fourth-order valence-electron chi connectivity index (χ4n) is 4.38. The number of benzene rings is 1. The fourth-order valence-corrected chi connectivity index (χ4v) is 4.38. The molecule has 0 radical (unpaired) electrons. The number of amides is 1. The van der Waals surface area contributed by atoms with Crippen molar-refractivity contribution in [3.63, 3.8) is 0 Å². The summed E-state index contributed by atoms with van der Waals surface area (Å²) in [5.74, 6) is 2.13. The number of rotatable bonds is 5. The number of methoxy groups -OCH3 is 2. The molecular weight excluding hydrogens is 290 g/mol. The molecule has 0 aromatic heterocycles. The Kier molecular flexibility index (Phi) is 4.79. The van der Waals surface area contributed by atoms with E-state index in [1.54, 1.807) is 32.4 Å². The van der Waals surface area contributed by atoms with E-state index in [1.165, 1.54) is 44.9 Å². The van der Waals surface area contributed by atoms with Crippen LogP contribution in [-0.4, -0.2) is 26.7 Å². The van der Waals surface area contributed by atoms with Crippen LogP contribution >= 0.6 is 0 Å². The highest BCUT2D eigenvalue weighted by molar-refractivity contribution is 5.95. The van der Waals surface area contributed by atoms with Crippen molar-refractivity contribution < 1.29 is 14.3 Å². The molecule has 1 aromatic rings. The number of hydrogen-bond acceptors (Lipinski definition) is 3. The maximum atomic E-state index is 12.6. The van der Waals surface area contributed by atoms with Gasteiger partial charge in [-0.2, -0.15) is 0 Å². The Hall–Kier alpha value is -1.71. The van der Waals surface area contributed by atoms with Gasteiger partial charge in [-0.15, -0.1) is 0 Å². The summed E-state index contributed by atoms with van der Waals surface area (Å²) in [6, 6.07) is 5.31. The van der Waals surface area contributed by atoms with Crippen molar-refractivity contribution in [1.82, 2.24) is 5.32 Å². The van der Waals surface area contributed by atoms with Crippen molar-refractivity contribution in [2.45, 2.75) is 44.9 Å². The average Bonchev–Trinajstić information content (AvgIpc) is 2.59. The first-order chi connectivity index (χ1) is 11.1. The molecule has 2 fully saturated rings. The molecule has 0 saturated heterocycles. The van der Waals surface area contributed by atoms with E-state index in [9.17, 15) is 4.79 Å². The Morgan fingerprint density at radius 2 is 1.74 bits per heavy atom. The van der Waals surface area contributed by atoms with Crippen molar-refractivity contribution >= 4 is 5.91 Å². The van der Waals surface area contributed by atoms with Crippen LogP contribution in [-0.2, 0) is 0 Å². The number of ether oxygens (including phenoxy) is 2. The van der Waals surface area contributed by atoms with Crippen LogP contribution in [0.1, 0.15) is 55.3 Å². The maximum Gasteiger partial charge on any atom is 0.251 e. The van der Waals surface area contributed by atoms with Gasteiger partial charge in [-0.3, -0.25) is 4.79 Å². The molecule has 0 aliphatic heterocycles. The minimum absolute atomic E-state index is 0.0377. The molecule has 2 aliphatic rings. The van der Waals surface area contributed by atoms with Crippen LogP contribution < -0.4 is 14.8 Å². The van der Waals surface area contributed by atoms with Crippen molar-refractivity contribution in [2.75, 3.05) is 20.8 Å². The first-order valence-electron chi connectivity index (χ1n) is 8.65. The largest absolute Gasteiger partial charge is 0.497 e. The third-order valence-corrected chi connectivity index (χ3v) is 5.60. The highest BCUT2D eigenvalue weighted by Crippen LogP contribution is 2.48. The second kappa shape index (κ2) is 6.81. The summed E-state index contributed by atoms with van der Waals surface area (Å²) in [6.07, 6.45) is 9.18. The third-order valence-electron chi connectivity index (χ3n) is 5.60. The summed E-state index contributed by atoms with van der Waals surface area (Å²) >= 11 is 0. The van der Waals surface area contributed by atoms with Crippen LogP contribution in [0.25, 0.3) is 0 Å². The molecule has 1 amide bonds. The SMILES string of the molecule is COc1cc(OC)cc(C(=O)NCC23CCCC(CCC2)C3)c1. The molecule has 2 bridgehead atoms. The van der Waals surface area contributed by atoms with Crippen LogP contribution in [0.4, 0.5) is 0 Å². The fraction of sp³-hybridized carbons (Fsp3) is 0.632. The minimum Gasteiger partial charge on any atom is -0.497 e. The van der Waals surface area contributed by atoms with Gasteiger partial charge in [0.25, 0.3) is 5.91 Å². The monoisotopic (exact) mass is 317 g/mol. The molecule has 2 saturated carbocycles. The van der Waals surface area contributed by atoms with Crippen molar-refractivity contribution in [3.05, 3.63) is 23.8 Å². The number of fused-ring (bicyclic) bond motifs is 2. The molecule has 3 rings (SSSR count). The third kappa shape index (κ3) is 3.62. The Morgan fingerprint density at radius 3 is 2.30 bits per heavy atom. The van der Waals surface area contributed by atoms with E-state index in [4.69, 9.17) is 9.47 Å². The Labute approximate surface area is 138 Å². The summed E-state index contributed by atoms with van der Waals surface area (Å²) < 4.78 is 10.5. The molecule has 0 spiro atoms. The molecule has 4 heteroatoms. The molecule has 1 aromatic carbocycles. The van der Waals surface area contributed by atoms with Gasteiger partial charge >= 0.3 is 0 Å². The Balaban J connectivity index is 1.67. The van der Waals surface area contributed by atoms with E-state index in [0.29, 0.717) is 22.5 Å². The lowest BCUT2D eigenvalue weighted by molar-refractivity contribution is 0.0681. The number of hydrogen-bond donors (Lipinski definition) is 1. The highest BCUT2D eigenvalue weighted by atomic mass is 16.5. The predicted octanol–water partition coefficient (Wildman–Crippen LogP) is 3.79. The molecule has 0 unspecified atom stereocenters. The van der Waals surface area contributed by atoms with Crippen molar-refractivity contribution in [3.8, 4) is 11.5 Å². The van der Waals surface area contributed by atoms with Gasteiger partial charge in [-0.1, -0.05) is 25.7 Å². The molecule has 23 heavy (non-hydrogen) atoms. The zero-order valence-electron chi connectivity index (χ0n) is 14.2. The van der Waals surface area contributed by atoms with Gasteiger partial charge in [0.15, 0.2) is 0 Å². The zero-order valence-corrected chi connectivity index (χ0v) is 14.2. The molecule has 4 nitrogen and oxygen atoms in total. The smallest absolute Gasteiger partial charge is 0.251 e. The first kappa shape index (κ1) is 16.2. The Bertz CT molecular complexity index is 537. The standard InChI is InChI=1S/C19H27NO3/c1-22-16-9-15(10-17(11-16)23-2)18(21)20-13-19-7-3-5-14(12-19)6-4-8-19/h9-11,14H,3-8,12-13H2,1-2H3,(H,20,21). The molecule has 126 valence electrons. The lowest BCUT2D eigenvalue weighted by atomic mass is 9.62. The number of carbonyl (C=O) groups is 1. The number of nitrogens with one attached hydrogen (secondary N) is 1. The van der Waals surface area contributed by atoms with E-state index < -0.39 is 0 Å². The van der Waals surface area contributed by atoms with Gasteiger partial charge < -0.3 is 14.8 Å². The van der Waals surface area contributed by atoms with Gasteiger partial charge in [0, 0.05) is 18.2 Å². The van der Waals surface area contributed by atoms with E-state index in [-0.39, 0.29) is 5.91 Å². The summed E-state index contributed by atoms with van der Waals surface area (Å²) in [5, 5.41) is 3.17. The highest BCUT2D eigenvalue weighted by Gasteiger charge is 2.39. The van der Waals surface area contributed by atoms with Crippen LogP contribution in [0.5, 0.6) is 11.5 Å². The van der Waals surface area contributed by atoms with E-state index >= 15 is 0 Å². The maximum absolute atomic E-state index is 12.6. The molecule has 1 N–H and O–H groups in total. The van der Waals surface area contributed by atoms with Crippen LogP contribution in [0.2, 0.25) is 0 Å². The van der Waals surface area contributed by atoms with Crippen LogP contribution in [0.3, 0.4) is 0 Å². The minimum atomic E-state index is -0.0377. The molecular formula is C19H27NO3. The molecule has 2 aliphatic carbocycles. The summed E-state index contributed by atoms with van der Waals surface area (Å²) in [4.78, 5) is 12.6. The van der Waals surface area contributed by atoms with Crippen LogP contribution in [0, 0.1) is 11.3 Å². The van der Waals surface area contributed by atoms with Crippen molar-refractivity contribution in [1.29, 1.82) is 0 Å². The normalized spacial score (nSPS) is 26.4. The topological polar surface area (TPSA) is 47.6 Å². The zero-order chi connectivity index (χ0) is 16.3. The molecule has 0 heterocycles. The second-order valence-electron chi connectivity index (χ2n) is 7.14.